The van der Waals surface area contributed by atoms with E-state index in [-0.39, 0.29) is 0 Å². The van der Waals surface area contributed by atoms with E-state index >= 15 is 0 Å². The molecule has 1 saturated carbocycles. The Morgan fingerprint density at radius 2 is 1.61 bits per heavy atom. The molecular formula is C22H26N6O2S. The van der Waals surface area contributed by atoms with Crippen LogP contribution in [0.3, 0.4) is 0 Å². The molecular weight excluding hydrogens is 412 g/mol. The third-order valence-corrected chi connectivity index (χ3v) is 8.28. The molecule has 3 aromatic rings. The van der Waals surface area contributed by atoms with Gasteiger partial charge in [-0.2, -0.15) is 4.31 Å². The molecule has 0 atom stereocenters. The predicted molar refractivity (Wildman–Crippen MR) is 118 cm³/mol. The van der Waals surface area contributed by atoms with Crippen molar-refractivity contribution >= 4 is 27.0 Å². The lowest BCUT2D eigenvalue weighted by atomic mass is 9.84. The summed E-state index contributed by atoms with van der Waals surface area (Å²) in [4.78, 5) is 19.4. The molecule has 2 fully saturated rings. The molecule has 0 bridgehead atoms. The summed E-state index contributed by atoms with van der Waals surface area (Å²) in [5, 5.41) is 0. The molecule has 31 heavy (non-hydrogen) atoms. The summed E-state index contributed by atoms with van der Waals surface area (Å²) in [6, 6.07) is 7.57. The van der Waals surface area contributed by atoms with E-state index in [1.165, 1.54) is 44.0 Å². The van der Waals surface area contributed by atoms with Crippen molar-refractivity contribution < 1.29 is 8.42 Å². The van der Waals surface area contributed by atoms with Crippen LogP contribution in [-0.2, 0) is 10.0 Å². The van der Waals surface area contributed by atoms with Gasteiger partial charge in [-0.25, -0.2) is 28.4 Å². The summed E-state index contributed by atoms with van der Waals surface area (Å²) in [7, 11) is -3.50. The molecule has 1 aliphatic carbocycles. The number of nitrogens with zero attached hydrogens (tertiary/aromatic N) is 6. The smallest absolute Gasteiger partial charge is 0.243 e. The van der Waals surface area contributed by atoms with Crippen molar-refractivity contribution in [2.75, 3.05) is 31.1 Å². The molecule has 0 radical (unpaired) electrons. The SMILES string of the molecule is O=S(=O)(c1ccc(C2CCCCC2)cc1)N1CCN(c2cnc3cncnc3n2)CC1. The number of fused-ring (bicyclic) bond motifs is 1. The van der Waals surface area contributed by atoms with Crippen LogP contribution in [0.5, 0.6) is 0 Å². The zero-order valence-electron chi connectivity index (χ0n) is 17.4. The van der Waals surface area contributed by atoms with Gasteiger partial charge in [0.05, 0.1) is 17.3 Å². The van der Waals surface area contributed by atoms with Crippen LogP contribution >= 0.6 is 0 Å². The van der Waals surface area contributed by atoms with Crippen LogP contribution in [0.25, 0.3) is 11.2 Å². The van der Waals surface area contributed by atoms with Gasteiger partial charge in [-0.05, 0) is 36.5 Å². The second-order valence-corrected chi connectivity index (χ2v) is 10.2. The van der Waals surface area contributed by atoms with Gasteiger partial charge in [-0.3, -0.25) is 0 Å². The highest BCUT2D eigenvalue weighted by molar-refractivity contribution is 7.89. The highest BCUT2D eigenvalue weighted by Gasteiger charge is 2.29. The van der Waals surface area contributed by atoms with Crippen LogP contribution in [0.2, 0.25) is 0 Å². The minimum absolute atomic E-state index is 0.378. The van der Waals surface area contributed by atoms with Gasteiger partial charge in [0.15, 0.2) is 5.65 Å². The summed E-state index contributed by atoms with van der Waals surface area (Å²) < 4.78 is 27.9. The summed E-state index contributed by atoms with van der Waals surface area (Å²) in [6.07, 6.45) is 11.0. The van der Waals surface area contributed by atoms with Crippen LogP contribution in [0, 0.1) is 0 Å². The zero-order chi connectivity index (χ0) is 21.3. The quantitative estimate of drug-likeness (QED) is 0.618. The van der Waals surface area contributed by atoms with Gasteiger partial charge in [0.25, 0.3) is 0 Å². The summed E-state index contributed by atoms with van der Waals surface area (Å²) in [6.45, 7) is 1.95. The van der Waals surface area contributed by atoms with Crippen LogP contribution in [0.1, 0.15) is 43.6 Å². The lowest BCUT2D eigenvalue weighted by Crippen LogP contribution is -2.49. The molecule has 0 unspecified atom stereocenters. The lowest BCUT2D eigenvalue weighted by Gasteiger charge is -2.34. The normalized spacial score (nSPS) is 19.0. The maximum atomic E-state index is 13.2. The second-order valence-electron chi connectivity index (χ2n) is 8.25. The fourth-order valence-corrected chi connectivity index (χ4v) is 5.99. The Kier molecular flexibility index (Phi) is 5.54. The Balaban J connectivity index is 1.26. The summed E-state index contributed by atoms with van der Waals surface area (Å²) >= 11 is 0. The first-order valence-corrected chi connectivity index (χ1v) is 12.3. The molecule has 0 N–H and O–H groups in total. The molecule has 162 valence electrons. The topological polar surface area (TPSA) is 92.2 Å². The molecule has 5 rings (SSSR count). The Morgan fingerprint density at radius 1 is 0.871 bits per heavy atom. The first-order valence-electron chi connectivity index (χ1n) is 10.9. The van der Waals surface area contributed by atoms with E-state index in [9.17, 15) is 8.42 Å². The average molecular weight is 439 g/mol. The van der Waals surface area contributed by atoms with Crippen molar-refractivity contribution in [2.24, 2.45) is 0 Å². The van der Waals surface area contributed by atoms with E-state index in [0.717, 1.165) is 0 Å². The fraction of sp³-hybridized carbons (Fsp3) is 0.455. The molecule has 9 heteroatoms. The predicted octanol–water partition coefficient (Wildman–Crippen LogP) is 2.98. The zero-order valence-corrected chi connectivity index (χ0v) is 18.2. The van der Waals surface area contributed by atoms with Crippen LogP contribution in [-0.4, -0.2) is 58.8 Å². The number of hydrogen-bond donors (Lipinski definition) is 0. The molecule has 8 nitrogen and oxygen atoms in total. The maximum Gasteiger partial charge on any atom is 0.243 e. The Morgan fingerprint density at radius 3 is 2.35 bits per heavy atom. The molecule has 1 aliphatic heterocycles. The third kappa shape index (κ3) is 4.12. The Hall–Kier alpha value is -2.65. The molecule has 2 aromatic heterocycles. The third-order valence-electron chi connectivity index (χ3n) is 6.37. The van der Waals surface area contributed by atoms with E-state index in [1.807, 2.05) is 17.0 Å². The number of sulfonamides is 1. The van der Waals surface area contributed by atoms with Gasteiger partial charge in [-0.1, -0.05) is 31.4 Å². The van der Waals surface area contributed by atoms with Gasteiger partial charge in [0, 0.05) is 26.2 Å². The van der Waals surface area contributed by atoms with Gasteiger partial charge in [-0.15, -0.1) is 0 Å². The van der Waals surface area contributed by atoms with Gasteiger partial charge < -0.3 is 4.90 Å². The van der Waals surface area contributed by atoms with Gasteiger partial charge in [0.2, 0.25) is 10.0 Å². The molecule has 0 amide bonds. The largest absolute Gasteiger partial charge is 0.353 e. The number of anilines is 1. The van der Waals surface area contributed by atoms with E-state index in [0.29, 0.717) is 54.0 Å². The summed E-state index contributed by atoms with van der Waals surface area (Å²) in [5.41, 5.74) is 2.45. The Bertz CT molecular complexity index is 1150. The van der Waals surface area contributed by atoms with Crippen molar-refractivity contribution in [1.82, 2.24) is 24.2 Å². The first kappa shape index (κ1) is 20.3. The second kappa shape index (κ2) is 8.47. The van der Waals surface area contributed by atoms with Crippen LogP contribution < -0.4 is 4.90 Å². The first-order chi connectivity index (χ1) is 15.1. The van der Waals surface area contributed by atoms with E-state index in [1.54, 1.807) is 28.8 Å². The minimum atomic E-state index is -3.50. The highest BCUT2D eigenvalue weighted by atomic mass is 32.2. The van der Waals surface area contributed by atoms with Gasteiger partial charge >= 0.3 is 0 Å². The maximum absolute atomic E-state index is 13.2. The number of aromatic nitrogens is 4. The Labute approximate surface area is 182 Å². The number of hydrogen-bond acceptors (Lipinski definition) is 7. The lowest BCUT2D eigenvalue weighted by molar-refractivity contribution is 0.383. The van der Waals surface area contributed by atoms with E-state index in [2.05, 4.69) is 19.9 Å². The van der Waals surface area contributed by atoms with Crippen molar-refractivity contribution in [3.8, 4) is 0 Å². The molecule has 2 aliphatic rings. The number of benzene rings is 1. The van der Waals surface area contributed by atoms with Crippen LogP contribution in [0.15, 0.2) is 47.9 Å². The van der Waals surface area contributed by atoms with Crippen molar-refractivity contribution in [3.05, 3.63) is 48.5 Å². The highest BCUT2D eigenvalue weighted by Crippen LogP contribution is 2.33. The monoisotopic (exact) mass is 438 g/mol. The molecule has 0 spiro atoms. The van der Waals surface area contributed by atoms with E-state index in [4.69, 9.17) is 0 Å². The minimum Gasteiger partial charge on any atom is -0.353 e. The standard InChI is InChI=1S/C22H26N6O2S/c29-31(30,19-8-6-18(7-9-19)17-4-2-1-3-5-17)28-12-10-27(11-13-28)21-15-24-20-14-23-16-25-22(20)26-21/h6-9,14-17H,1-5,10-13H2. The molecule has 3 heterocycles. The number of rotatable bonds is 4. The molecule has 1 saturated heterocycles. The number of piperazine rings is 1. The van der Waals surface area contributed by atoms with Crippen molar-refractivity contribution in [2.45, 2.75) is 42.9 Å². The van der Waals surface area contributed by atoms with Crippen molar-refractivity contribution in [3.63, 3.8) is 0 Å². The van der Waals surface area contributed by atoms with Gasteiger partial charge in [0.1, 0.15) is 17.7 Å². The average Bonchev–Trinajstić information content (AvgIpc) is 2.84. The molecule has 1 aromatic carbocycles. The van der Waals surface area contributed by atoms with Crippen molar-refractivity contribution in [1.29, 1.82) is 0 Å². The van der Waals surface area contributed by atoms with Crippen LogP contribution in [0.4, 0.5) is 5.82 Å². The van der Waals surface area contributed by atoms with E-state index < -0.39 is 10.0 Å². The summed E-state index contributed by atoms with van der Waals surface area (Å²) in [5.74, 6) is 1.28. The fourth-order valence-electron chi connectivity index (χ4n) is 4.56.